The van der Waals surface area contributed by atoms with Crippen LogP contribution in [-0.2, 0) is 0 Å². The van der Waals surface area contributed by atoms with Crippen LogP contribution in [0.25, 0.3) is 72.1 Å². The Labute approximate surface area is 252 Å². The van der Waals surface area contributed by atoms with Crippen molar-refractivity contribution in [1.29, 1.82) is 0 Å². The van der Waals surface area contributed by atoms with Gasteiger partial charge in [-0.2, -0.15) is 0 Å². The van der Waals surface area contributed by atoms with Crippen molar-refractivity contribution in [1.82, 2.24) is 0 Å². The molecule has 0 heterocycles. The standard InChI is InChI=1S/C43H30/c1-3-11-28(12-4-1)31-16-9-17-32(25-31)35-20-10-15-29-21-22-34(27-39(29)35)41-36-18-7-8-19-37(36)42(30-13-5-2-6-14-30)43-38(41)24-23-33-26-40(33)43/h1-25,27,33,40H,26H2. The minimum atomic E-state index is 0.607. The molecule has 43 heavy (non-hydrogen) atoms. The molecule has 0 radical (unpaired) electrons. The lowest BCUT2D eigenvalue weighted by Gasteiger charge is -2.24. The Morgan fingerprint density at radius 3 is 1.93 bits per heavy atom. The van der Waals surface area contributed by atoms with Gasteiger partial charge in [0.2, 0.25) is 0 Å². The van der Waals surface area contributed by atoms with Crippen molar-refractivity contribution in [2.24, 2.45) is 5.92 Å². The van der Waals surface area contributed by atoms with E-state index in [9.17, 15) is 0 Å². The fraction of sp³-hybridized carbons (Fsp3) is 0.0698. The van der Waals surface area contributed by atoms with Crippen molar-refractivity contribution in [2.45, 2.75) is 12.3 Å². The second kappa shape index (κ2) is 9.68. The maximum atomic E-state index is 2.46. The summed E-state index contributed by atoms with van der Waals surface area (Å²) in [6.07, 6.45) is 6.14. The lowest BCUT2D eigenvalue weighted by molar-refractivity contribution is 1.00. The van der Waals surface area contributed by atoms with Crippen LogP contribution in [0.4, 0.5) is 0 Å². The number of allylic oxidation sites excluding steroid dienone is 1. The second-order valence-corrected chi connectivity index (χ2v) is 12.0. The smallest absolute Gasteiger partial charge is 0.00294 e. The van der Waals surface area contributed by atoms with Gasteiger partial charge < -0.3 is 0 Å². The highest BCUT2D eigenvalue weighted by Gasteiger charge is 2.42. The zero-order valence-corrected chi connectivity index (χ0v) is 23.9. The summed E-state index contributed by atoms with van der Waals surface area (Å²) in [6, 6.07) is 53.5. The zero-order valence-electron chi connectivity index (χ0n) is 23.9. The molecule has 1 fully saturated rings. The van der Waals surface area contributed by atoms with Crippen LogP contribution in [0.5, 0.6) is 0 Å². The molecule has 202 valence electrons. The molecule has 2 unspecified atom stereocenters. The summed E-state index contributed by atoms with van der Waals surface area (Å²) in [5, 5.41) is 5.24. The van der Waals surface area contributed by atoms with Gasteiger partial charge in [0.25, 0.3) is 0 Å². The maximum Gasteiger partial charge on any atom is -0.00294 e. The first kappa shape index (κ1) is 24.4. The largest absolute Gasteiger partial charge is 0.0802 e. The molecule has 0 spiro atoms. The summed E-state index contributed by atoms with van der Waals surface area (Å²) in [6.45, 7) is 0. The van der Waals surface area contributed by atoms with Crippen LogP contribution >= 0.6 is 0 Å². The highest BCUT2D eigenvalue weighted by molar-refractivity contribution is 6.12. The summed E-state index contributed by atoms with van der Waals surface area (Å²) in [5.74, 6) is 1.28. The fourth-order valence-electron chi connectivity index (χ4n) is 7.42. The van der Waals surface area contributed by atoms with Crippen molar-refractivity contribution in [3.05, 3.63) is 163 Å². The van der Waals surface area contributed by atoms with Gasteiger partial charge in [-0.25, -0.2) is 0 Å². The molecule has 0 aliphatic heterocycles. The minimum Gasteiger partial charge on any atom is -0.0802 e. The third-order valence-corrected chi connectivity index (χ3v) is 9.53. The van der Waals surface area contributed by atoms with Crippen molar-refractivity contribution in [2.75, 3.05) is 0 Å². The Hall–Kier alpha value is -5.20. The average Bonchev–Trinajstić information content (AvgIpc) is 3.88. The normalized spacial score (nSPS) is 16.7. The highest BCUT2D eigenvalue weighted by atomic mass is 14.5. The summed E-state index contributed by atoms with van der Waals surface area (Å²) in [7, 11) is 0. The topological polar surface area (TPSA) is 0 Å². The summed E-state index contributed by atoms with van der Waals surface area (Å²) < 4.78 is 0. The molecular weight excluding hydrogens is 516 g/mol. The molecule has 2 atom stereocenters. The Morgan fingerprint density at radius 2 is 1.12 bits per heavy atom. The molecule has 0 saturated heterocycles. The van der Waals surface area contributed by atoms with E-state index < -0.39 is 0 Å². The molecule has 2 aliphatic rings. The molecule has 2 aliphatic carbocycles. The molecule has 0 aromatic heterocycles. The number of hydrogen-bond acceptors (Lipinski definition) is 0. The Bertz CT molecular complexity index is 2200. The van der Waals surface area contributed by atoms with Gasteiger partial charge in [-0.05, 0) is 108 Å². The molecule has 0 bridgehead atoms. The molecule has 0 heteroatoms. The van der Waals surface area contributed by atoms with Gasteiger partial charge in [0.05, 0.1) is 0 Å². The molecule has 7 aromatic carbocycles. The Kier molecular flexibility index (Phi) is 5.49. The van der Waals surface area contributed by atoms with E-state index in [1.54, 1.807) is 0 Å². The van der Waals surface area contributed by atoms with Crippen molar-refractivity contribution in [3.63, 3.8) is 0 Å². The van der Waals surface area contributed by atoms with Crippen LogP contribution in [0.2, 0.25) is 0 Å². The van der Waals surface area contributed by atoms with Crippen molar-refractivity contribution >= 4 is 27.6 Å². The number of hydrogen-bond donors (Lipinski definition) is 0. The van der Waals surface area contributed by atoms with E-state index in [4.69, 9.17) is 0 Å². The van der Waals surface area contributed by atoms with E-state index in [0.717, 1.165) is 0 Å². The van der Waals surface area contributed by atoms with E-state index >= 15 is 0 Å². The first-order valence-corrected chi connectivity index (χ1v) is 15.3. The van der Waals surface area contributed by atoms with Gasteiger partial charge in [-0.15, -0.1) is 0 Å². The van der Waals surface area contributed by atoms with Crippen molar-refractivity contribution < 1.29 is 0 Å². The Morgan fingerprint density at radius 1 is 0.442 bits per heavy atom. The lowest BCUT2D eigenvalue weighted by atomic mass is 9.79. The summed E-state index contributed by atoms with van der Waals surface area (Å²) in [4.78, 5) is 0. The summed E-state index contributed by atoms with van der Waals surface area (Å²) in [5.41, 5.74) is 13.3. The van der Waals surface area contributed by atoms with Crippen molar-refractivity contribution in [3.8, 4) is 44.5 Å². The van der Waals surface area contributed by atoms with E-state index in [1.807, 2.05) is 0 Å². The SMILES string of the molecule is C1=CC2CC2c2c1c(-c1ccc3cccc(-c4cccc(-c5ccccc5)c4)c3c1)c1ccccc1c2-c1ccccc1. The van der Waals surface area contributed by atoms with Crippen LogP contribution in [0, 0.1) is 5.92 Å². The number of rotatable bonds is 4. The molecular formula is C43H30. The maximum absolute atomic E-state index is 2.46. The van der Waals surface area contributed by atoms with Gasteiger partial charge in [0.1, 0.15) is 0 Å². The predicted octanol–water partition coefficient (Wildman–Crippen LogP) is 11.8. The van der Waals surface area contributed by atoms with E-state index in [0.29, 0.717) is 11.8 Å². The monoisotopic (exact) mass is 546 g/mol. The quantitative estimate of drug-likeness (QED) is 0.206. The first-order chi connectivity index (χ1) is 21.3. The van der Waals surface area contributed by atoms with Gasteiger partial charge in [-0.1, -0.05) is 146 Å². The van der Waals surface area contributed by atoms with Gasteiger partial charge >= 0.3 is 0 Å². The molecule has 0 N–H and O–H groups in total. The highest BCUT2D eigenvalue weighted by Crippen LogP contribution is 2.58. The van der Waals surface area contributed by atoms with Crippen LogP contribution < -0.4 is 0 Å². The van der Waals surface area contributed by atoms with E-state index in [1.165, 1.54) is 83.6 Å². The lowest BCUT2D eigenvalue weighted by Crippen LogP contribution is -2.02. The van der Waals surface area contributed by atoms with Gasteiger partial charge in [0.15, 0.2) is 0 Å². The van der Waals surface area contributed by atoms with Crippen LogP contribution in [0.3, 0.4) is 0 Å². The van der Waals surface area contributed by atoms with Crippen LogP contribution in [0.1, 0.15) is 23.5 Å². The third-order valence-electron chi connectivity index (χ3n) is 9.53. The van der Waals surface area contributed by atoms with Gasteiger partial charge in [0, 0.05) is 0 Å². The first-order valence-electron chi connectivity index (χ1n) is 15.3. The molecule has 0 nitrogen and oxygen atoms in total. The molecule has 1 saturated carbocycles. The Balaban J connectivity index is 1.29. The predicted molar refractivity (Wildman–Crippen MR) is 183 cm³/mol. The molecule has 0 amide bonds. The number of benzene rings is 7. The zero-order chi connectivity index (χ0) is 28.3. The third kappa shape index (κ3) is 3.98. The minimum absolute atomic E-state index is 0.607. The van der Waals surface area contributed by atoms with Crippen LogP contribution in [0.15, 0.2) is 152 Å². The number of fused-ring (bicyclic) bond motifs is 5. The van der Waals surface area contributed by atoms with E-state index in [2.05, 4.69) is 158 Å². The summed E-state index contributed by atoms with van der Waals surface area (Å²) >= 11 is 0. The fourth-order valence-corrected chi connectivity index (χ4v) is 7.42. The molecule has 9 rings (SSSR count). The van der Waals surface area contributed by atoms with Gasteiger partial charge in [-0.3, -0.25) is 0 Å². The average molecular weight is 547 g/mol. The molecule has 7 aromatic rings. The van der Waals surface area contributed by atoms with Crippen LogP contribution in [-0.4, -0.2) is 0 Å². The van der Waals surface area contributed by atoms with E-state index in [-0.39, 0.29) is 0 Å². The second-order valence-electron chi connectivity index (χ2n) is 12.0.